The van der Waals surface area contributed by atoms with E-state index in [2.05, 4.69) is 0 Å². The molecule has 0 saturated heterocycles. The van der Waals surface area contributed by atoms with Crippen LogP contribution in [0.15, 0.2) is 0 Å². The quantitative estimate of drug-likeness (QED) is 0.669. The Balaban J connectivity index is 1.75. The monoisotopic (exact) mass is 194 g/mol. The van der Waals surface area contributed by atoms with Gasteiger partial charge in [0.2, 0.25) is 0 Å². The Kier molecular flexibility index (Phi) is 3.61. The van der Waals surface area contributed by atoms with Crippen molar-refractivity contribution in [3.63, 3.8) is 0 Å². The lowest BCUT2D eigenvalue weighted by Crippen LogP contribution is -2.17. The first-order valence-electron chi connectivity index (χ1n) is 6.39. The molecule has 2 saturated carbocycles. The summed E-state index contributed by atoms with van der Waals surface area (Å²) >= 11 is 0. The van der Waals surface area contributed by atoms with Crippen LogP contribution in [0, 0.1) is 11.8 Å². The molecule has 2 rings (SSSR count). The summed E-state index contributed by atoms with van der Waals surface area (Å²) in [7, 11) is 0. The van der Waals surface area contributed by atoms with Gasteiger partial charge in [0.25, 0.3) is 0 Å². The summed E-state index contributed by atoms with van der Waals surface area (Å²) in [5.41, 5.74) is 0. The molecule has 0 spiro atoms. The van der Waals surface area contributed by atoms with Gasteiger partial charge in [0.05, 0.1) is 0 Å². The maximum Gasteiger partial charge on any atom is 0.136 e. The van der Waals surface area contributed by atoms with Gasteiger partial charge in [-0.05, 0) is 18.8 Å². The number of carbonyl (C=O) groups is 1. The summed E-state index contributed by atoms with van der Waals surface area (Å²) < 4.78 is 0. The van der Waals surface area contributed by atoms with E-state index in [1.54, 1.807) is 0 Å². The van der Waals surface area contributed by atoms with Crippen LogP contribution in [0.4, 0.5) is 0 Å². The summed E-state index contributed by atoms with van der Waals surface area (Å²) in [5, 5.41) is 0. The molecule has 0 heterocycles. The molecular formula is C13H22O. The fourth-order valence-corrected chi connectivity index (χ4v) is 3.09. The van der Waals surface area contributed by atoms with Gasteiger partial charge < -0.3 is 0 Å². The highest BCUT2D eigenvalue weighted by Crippen LogP contribution is 2.31. The van der Waals surface area contributed by atoms with Crippen LogP contribution in [-0.2, 0) is 4.79 Å². The van der Waals surface area contributed by atoms with E-state index in [0.717, 1.165) is 12.3 Å². The van der Waals surface area contributed by atoms with Gasteiger partial charge in [-0.15, -0.1) is 0 Å². The van der Waals surface area contributed by atoms with Gasteiger partial charge in [-0.25, -0.2) is 0 Å². The Morgan fingerprint density at radius 3 is 2.07 bits per heavy atom. The fraction of sp³-hybridized carbons (Fsp3) is 0.923. The largest absolute Gasteiger partial charge is 0.299 e. The zero-order valence-electron chi connectivity index (χ0n) is 9.13. The van der Waals surface area contributed by atoms with Crippen molar-refractivity contribution in [2.75, 3.05) is 0 Å². The van der Waals surface area contributed by atoms with E-state index in [4.69, 9.17) is 0 Å². The molecule has 0 aliphatic heterocycles. The Morgan fingerprint density at radius 1 is 0.857 bits per heavy atom. The number of hydrogen-bond donors (Lipinski definition) is 0. The summed E-state index contributed by atoms with van der Waals surface area (Å²) in [5.74, 6) is 1.79. The Morgan fingerprint density at radius 2 is 1.43 bits per heavy atom. The average Bonchev–Trinajstić information content (AvgIpc) is 2.72. The maximum absolute atomic E-state index is 11.9. The molecule has 2 fully saturated rings. The molecule has 1 heteroatoms. The van der Waals surface area contributed by atoms with Crippen molar-refractivity contribution in [3.8, 4) is 0 Å². The van der Waals surface area contributed by atoms with Crippen LogP contribution >= 0.6 is 0 Å². The predicted molar refractivity (Wildman–Crippen MR) is 58.2 cm³/mol. The number of hydrogen-bond acceptors (Lipinski definition) is 1. The molecule has 1 nitrogen and oxygen atoms in total. The zero-order chi connectivity index (χ0) is 9.80. The van der Waals surface area contributed by atoms with Gasteiger partial charge in [0, 0.05) is 12.3 Å². The Bertz CT molecular complexity index is 185. The summed E-state index contributed by atoms with van der Waals surface area (Å²) in [6.07, 6.45) is 12.6. The standard InChI is InChI=1S/C13H22O/c14-13(12-8-4-5-9-12)10-11-6-2-1-3-7-11/h11-12H,1-10H2. The van der Waals surface area contributed by atoms with Crippen molar-refractivity contribution in [1.82, 2.24) is 0 Å². The first-order valence-corrected chi connectivity index (χ1v) is 6.39. The third-order valence-electron chi connectivity index (χ3n) is 4.03. The molecule has 0 aromatic heterocycles. The summed E-state index contributed by atoms with van der Waals surface area (Å²) in [4.78, 5) is 11.9. The van der Waals surface area contributed by atoms with E-state index >= 15 is 0 Å². The molecule has 80 valence electrons. The molecule has 0 aromatic carbocycles. The topological polar surface area (TPSA) is 17.1 Å². The van der Waals surface area contributed by atoms with Crippen molar-refractivity contribution in [2.24, 2.45) is 11.8 Å². The van der Waals surface area contributed by atoms with Gasteiger partial charge >= 0.3 is 0 Å². The van der Waals surface area contributed by atoms with Crippen LogP contribution in [0.2, 0.25) is 0 Å². The molecule has 2 aliphatic rings. The van der Waals surface area contributed by atoms with Crippen LogP contribution in [-0.4, -0.2) is 5.78 Å². The van der Waals surface area contributed by atoms with Gasteiger partial charge in [-0.2, -0.15) is 0 Å². The second-order valence-corrected chi connectivity index (χ2v) is 5.16. The van der Waals surface area contributed by atoms with E-state index in [-0.39, 0.29) is 0 Å². The SMILES string of the molecule is O=C(CC1CCCCC1)C1CCCC1. The third kappa shape index (κ3) is 2.59. The summed E-state index contributed by atoms with van der Waals surface area (Å²) in [6.45, 7) is 0. The third-order valence-corrected chi connectivity index (χ3v) is 4.03. The smallest absolute Gasteiger partial charge is 0.136 e. The molecular weight excluding hydrogens is 172 g/mol. The van der Waals surface area contributed by atoms with Crippen molar-refractivity contribution in [3.05, 3.63) is 0 Å². The average molecular weight is 194 g/mol. The van der Waals surface area contributed by atoms with Crippen LogP contribution < -0.4 is 0 Å². The van der Waals surface area contributed by atoms with Crippen LogP contribution in [0.5, 0.6) is 0 Å². The van der Waals surface area contributed by atoms with Gasteiger partial charge in [0.15, 0.2) is 0 Å². The number of rotatable bonds is 3. The first kappa shape index (κ1) is 10.2. The van der Waals surface area contributed by atoms with Gasteiger partial charge in [0.1, 0.15) is 5.78 Å². The second-order valence-electron chi connectivity index (χ2n) is 5.16. The van der Waals surface area contributed by atoms with Gasteiger partial charge in [-0.1, -0.05) is 44.9 Å². The molecule has 0 atom stereocenters. The lowest BCUT2D eigenvalue weighted by molar-refractivity contribution is -0.123. The molecule has 0 bridgehead atoms. The first-order chi connectivity index (χ1) is 6.86. The van der Waals surface area contributed by atoms with E-state index in [9.17, 15) is 4.79 Å². The molecule has 14 heavy (non-hydrogen) atoms. The fourth-order valence-electron chi connectivity index (χ4n) is 3.09. The lowest BCUT2D eigenvalue weighted by Gasteiger charge is -2.21. The molecule has 0 amide bonds. The van der Waals surface area contributed by atoms with E-state index < -0.39 is 0 Å². The van der Waals surface area contributed by atoms with Crippen molar-refractivity contribution in [2.45, 2.75) is 64.2 Å². The lowest BCUT2D eigenvalue weighted by atomic mass is 9.83. The molecule has 2 aliphatic carbocycles. The minimum absolute atomic E-state index is 0.455. The highest BCUT2D eigenvalue weighted by Gasteiger charge is 2.25. The van der Waals surface area contributed by atoms with Crippen LogP contribution in [0.25, 0.3) is 0 Å². The second kappa shape index (κ2) is 4.95. The van der Waals surface area contributed by atoms with E-state index in [1.165, 1.54) is 57.8 Å². The summed E-state index contributed by atoms with van der Waals surface area (Å²) in [6, 6.07) is 0. The zero-order valence-corrected chi connectivity index (χ0v) is 9.13. The van der Waals surface area contributed by atoms with Crippen molar-refractivity contribution in [1.29, 1.82) is 0 Å². The van der Waals surface area contributed by atoms with E-state index in [1.807, 2.05) is 0 Å². The minimum Gasteiger partial charge on any atom is -0.299 e. The van der Waals surface area contributed by atoms with Crippen LogP contribution in [0.3, 0.4) is 0 Å². The van der Waals surface area contributed by atoms with Gasteiger partial charge in [-0.3, -0.25) is 4.79 Å². The molecule has 0 unspecified atom stereocenters. The number of Topliss-reactive ketones (excluding diaryl/α,β-unsaturated/α-hetero) is 1. The minimum atomic E-state index is 0.455. The van der Waals surface area contributed by atoms with E-state index in [0.29, 0.717) is 11.7 Å². The predicted octanol–water partition coefficient (Wildman–Crippen LogP) is 3.72. The Labute approximate surface area is 87.3 Å². The van der Waals surface area contributed by atoms with Crippen molar-refractivity contribution >= 4 is 5.78 Å². The highest BCUT2D eigenvalue weighted by atomic mass is 16.1. The highest BCUT2D eigenvalue weighted by molar-refractivity contribution is 5.81. The maximum atomic E-state index is 11.9. The molecule has 0 N–H and O–H groups in total. The number of ketones is 1. The molecule has 0 radical (unpaired) electrons. The van der Waals surface area contributed by atoms with Crippen LogP contribution in [0.1, 0.15) is 64.2 Å². The number of carbonyl (C=O) groups excluding carboxylic acids is 1. The molecule has 0 aromatic rings. The van der Waals surface area contributed by atoms with Crippen molar-refractivity contribution < 1.29 is 4.79 Å². The Hall–Kier alpha value is -0.330. The normalized spacial score (nSPS) is 25.4.